The predicted molar refractivity (Wildman–Crippen MR) is 624 cm³/mol. The summed E-state index contributed by atoms with van der Waals surface area (Å²) in [5, 5.41) is 27.0. The number of carbonyl (C=O) groups excluding carboxylic acids is 3. The van der Waals surface area contributed by atoms with Gasteiger partial charge in [-0.2, -0.15) is 0 Å². The number of phenolic OH excluding ortho intramolecular Hbond substituents is 3. The molecule has 1 saturated heterocycles. The zero-order valence-corrected chi connectivity index (χ0v) is 83.2. The first kappa shape index (κ1) is 152. The van der Waals surface area contributed by atoms with Crippen LogP contribution in [-0.4, -0.2) is 68.5 Å². The summed E-state index contributed by atoms with van der Waals surface area (Å²) < 4.78 is 35.8. The molecule has 1 aliphatic heterocycles. The fourth-order valence-corrected chi connectivity index (χ4v) is 22.5. The van der Waals surface area contributed by atoms with Crippen LogP contribution < -0.4 is 9.47 Å². The molecule has 5 aromatic rings. The lowest BCUT2D eigenvalue weighted by Crippen LogP contribution is -2.47. The highest BCUT2D eigenvalue weighted by atomic mass is 16.7. The molecule has 5 aromatic carbocycles. The van der Waals surface area contributed by atoms with Gasteiger partial charge in [-0.1, -0.05) is 310 Å². The maximum Gasteiger partial charge on any atom is 0.312 e. The van der Waals surface area contributed by atoms with Crippen LogP contribution in [0.3, 0.4) is 0 Å². The summed E-state index contributed by atoms with van der Waals surface area (Å²) in [5.74, 6) is 15.9. The molecule has 0 spiro atoms. The number of esters is 3. The maximum atomic E-state index is 12.6. The molecule has 10 aliphatic rings. The van der Waals surface area contributed by atoms with E-state index in [1.165, 1.54) is 124 Å². The standard InChI is InChI=1S/3C18H30O2.C15H22O2.C14H22O.3C10H14O.16CH4/c3*1-5-17(3,4)16(19)20-18(6-2)11-12-10-15(18)14-9-7-8-13(12)14;1-3-12(2)13-7-9-14(10-8-13)17-15-6-4-5-11-16-15;1-6-11(2)12-7-9-13(10-8-12)15-14(3,4)5;3*1-3-8(2)9-4-6-10(11)7-5-9;;;;;;;;;;;;;;;;/h3*12-15H,5-11H2,1-4H3;7-10,12,15H,3-6,11H2,1-2H3;7-11H,6H2,1-5H3;3*4-8,11H,3H2,1-2H3;16*1H4. The minimum atomic E-state index is -0.334. The Morgan fingerprint density at radius 1 is 0.319 bits per heavy atom. The van der Waals surface area contributed by atoms with E-state index in [9.17, 15) is 14.4 Å². The van der Waals surface area contributed by atoms with Crippen LogP contribution in [0.5, 0.6) is 28.7 Å². The Kier molecular flexibility index (Phi) is 74.3. The first-order chi connectivity index (χ1) is 59.2. The van der Waals surface area contributed by atoms with Gasteiger partial charge in [0.1, 0.15) is 51.2 Å². The van der Waals surface area contributed by atoms with Gasteiger partial charge in [-0.25, -0.2) is 0 Å². The van der Waals surface area contributed by atoms with E-state index in [0.29, 0.717) is 64.6 Å². The van der Waals surface area contributed by atoms with Gasteiger partial charge in [0.15, 0.2) is 6.29 Å². The van der Waals surface area contributed by atoms with Gasteiger partial charge < -0.3 is 43.7 Å². The zero-order valence-electron chi connectivity index (χ0n) is 83.2. The molecule has 3 N–H and O–H groups in total. The number of hydrogen-bond acceptors (Lipinski definition) is 12. The molecule has 10 fully saturated rings. The van der Waals surface area contributed by atoms with Crippen molar-refractivity contribution in [2.45, 2.75) is 536 Å². The van der Waals surface area contributed by atoms with Crippen LogP contribution in [0, 0.1) is 87.3 Å². The lowest BCUT2D eigenvalue weighted by Gasteiger charge is -2.43. The molecule has 6 bridgehead atoms. The van der Waals surface area contributed by atoms with E-state index in [1.54, 1.807) is 36.4 Å². The second-order valence-electron chi connectivity index (χ2n) is 42.9. The van der Waals surface area contributed by atoms with E-state index in [2.05, 4.69) is 180 Å². The van der Waals surface area contributed by atoms with Crippen LogP contribution in [0.4, 0.5) is 0 Å². The van der Waals surface area contributed by atoms with E-state index in [0.717, 1.165) is 161 Å². The first-order valence-corrected chi connectivity index (χ1v) is 50.5. The fraction of sp³-hybridized carbons (Fsp3) is 0.744. The van der Waals surface area contributed by atoms with E-state index < -0.39 is 0 Å². The quantitative estimate of drug-likeness (QED) is 0.0374. The summed E-state index contributed by atoms with van der Waals surface area (Å²) in [5.41, 5.74) is 5.16. The van der Waals surface area contributed by atoms with Crippen molar-refractivity contribution in [1.82, 2.24) is 0 Å². The molecule has 9 aliphatic carbocycles. The van der Waals surface area contributed by atoms with Crippen molar-refractivity contribution in [3.05, 3.63) is 149 Å². The van der Waals surface area contributed by atoms with Gasteiger partial charge in [-0.15, -0.1) is 0 Å². The minimum Gasteiger partial charge on any atom is -0.508 e. The summed E-state index contributed by atoms with van der Waals surface area (Å²) in [6.45, 7) is 54.0. The van der Waals surface area contributed by atoms with Gasteiger partial charge in [0.05, 0.1) is 22.9 Å². The van der Waals surface area contributed by atoms with Gasteiger partial charge in [-0.05, 0) is 394 Å². The Hall–Kier alpha value is -6.53. The molecule has 0 amide bonds. The van der Waals surface area contributed by atoms with Crippen molar-refractivity contribution in [3.63, 3.8) is 0 Å². The number of benzene rings is 5. The third-order valence-corrected chi connectivity index (χ3v) is 32.9. The molecule has 15 rings (SSSR count). The Balaban J connectivity index is -0.000000201. The highest BCUT2D eigenvalue weighted by Crippen LogP contribution is 2.67. The molecular weight excluding hydrogens is 1740 g/mol. The highest BCUT2D eigenvalue weighted by Gasteiger charge is 2.65. The number of rotatable bonds is 25. The lowest BCUT2D eigenvalue weighted by atomic mass is 9.71. The molecule has 12 nitrogen and oxygen atoms in total. The molecule has 141 heavy (non-hydrogen) atoms. The molecular formula is C129H240O12. The van der Waals surface area contributed by atoms with Crippen molar-refractivity contribution in [2.75, 3.05) is 6.61 Å². The molecule has 12 heteroatoms. The molecule has 828 valence electrons. The highest BCUT2D eigenvalue weighted by molar-refractivity contribution is 5.77. The number of carbonyl (C=O) groups is 3. The fourth-order valence-electron chi connectivity index (χ4n) is 22.5. The number of ether oxygens (including phenoxy) is 6. The second kappa shape index (κ2) is 68.8. The summed E-state index contributed by atoms with van der Waals surface area (Å²) >= 11 is 0. The van der Waals surface area contributed by atoms with Crippen LogP contribution in [-0.2, 0) is 33.3 Å². The van der Waals surface area contributed by atoms with E-state index in [1.807, 2.05) is 77.9 Å². The normalized spacial score (nSPS) is 25.4. The number of phenols is 3. The largest absolute Gasteiger partial charge is 0.508 e. The van der Waals surface area contributed by atoms with Crippen LogP contribution in [0.25, 0.3) is 0 Å². The molecule has 0 aromatic heterocycles. The van der Waals surface area contributed by atoms with E-state index in [4.69, 9.17) is 43.7 Å². The second-order valence-corrected chi connectivity index (χ2v) is 42.9. The van der Waals surface area contributed by atoms with Crippen molar-refractivity contribution in [2.24, 2.45) is 87.3 Å². The molecule has 9 saturated carbocycles. The van der Waals surface area contributed by atoms with Gasteiger partial charge in [0.2, 0.25) is 0 Å². The van der Waals surface area contributed by atoms with Crippen molar-refractivity contribution < 1.29 is 58.1 Å². The van der Waals surface area contributed by atoms with Gasteiger partial charge in [-0.3, -0.25) is 14.4 Å². The Morgan fingerprint density at radius 2 is 0.546 bits per heavy atom. The van der Waals surface area contributed by atoms with Gasteiger partial charge in [0.25, 0.3) is 0 Å². The van der Waals surface area contributed by atoms with Crippen molar-refractivity contribution in [1.29, 1.82) is 0 Å². The summed E-state index contributed by atoms with van der Waals surface area (Å²) in [4.78, 5) is 37.7. The third kappa shape index (κ3) is 39.9. The minimum absolute atomic E-state index is 0. The smallest absolute Gasteiger partial charge is 0.312 e. The lowest BCUT2D eigenvalue weighted by molar-refractivity contribution is -0.182. The Labute approximate surface area is 878 Å². The number of hydrogen-bond donors (Lipinski definition) is 3. The van der Waals surface area contributed by atoms with Crippen molar-refractivity contribution in [3.8, 4) is 28.7 Å². The van der Waals surface area contributed by atoms with Gasteiger partial charge in [0, 0.05) is 24.2 Å². The van der Waals surface area contributed by atoms with Crippen LogP contribution >= 0.6 is 0 Å². The molecule has 21 unspecified atom stereocenters. The predicted octanol–water partition coefficient (Wildman–Crippen LogP) is 41.1. The van der Waals surface area contributed by atoms with Crippen LogP contribution in [0.2, 0.25) is 0 Å². The number of fused-ring (bicyclic) bond motifs is 15. The third-order valence-electron chi connectivity index (χ3n) is 32.9. The van der Waals surface area contributed by atoms with Gasteiger partial charge >= 0.3 is 17.9 Å². The molecule has 21 atom stereocenters. The first-order valence-electron chi connectivity index (χ1n) is 50.5. The van der Waals surface area contributed by atoms with Crippen LogP contribution in [0.15, 0.2) is 121 Å². The topological polar surface area (TPSA) is 167 Å². The number of aromatic hydroxyl groups is 3. The van der Waals surface area contributed by atoms with Crippen molar-refractivity contribution >= 4 is 17.9 Å². The zero-order chi connectivity index (χ0) is 92.0. The average molecular weight is 1980 g/mol. The monoisotopic (exact) mass is 1980 g/mol. The average Bonchev–Trinajstić information content (AvgIpc) is 1.57. The summed E-state index contributed by atoms with van der Waals surface area (Å²) in [6, 6.07) is 39.2. The summed E-state index contributed by atoms with van der Waals surface area (Å²) in [6.07, 6.45) is 34.7. The maximum absolute atomic E-state index is 12.6. The van der Waals surface area contributed by atoms with Crippen LogP contribution in [0.1, 0.15) is 536 Å². The molecule has 0 radical (unpaired) electrons. The SMILES string of the molecule is C.C.C.C.C.C.C.C.C.C.C.C.C.C.C.C.CCC(C)(C)C(=O)OC1(CC)CC2CC1C1CCCC21.CCC(C)(C)C(=O)OC1(CC)CC2CC1C1CCCC21.CCC(C)(C)C(=O)OC1(CC)CC2CC1C1CCCC21.CCC(C)c1ccc(O)cc1.CCC(C)c1ccc(O)cc1.CCC(C)c1ccc(O)cc1.CCC(C)c1ccc(OC(C)(C)C)cc1.CCC(C)c1ccc(OC2CCCCO2)cc1. The van der Waals surface area contributed by atoms with E-state index >= 15 is 0 Å². The molecule has 1 heterocycles. The Morgan fingerprint density at radius 3 is 0.752 bits per heavy atom. The van der Waals surface area contributed by atoms with E-state index in [-0.39, 0.29) is 182 Å². The Bertz CT molecular complexity index is 3700. The summed E-state index contributed by atoms with van der Waals surface area (Å²) in [7, 11) is 0.